The Hall–Kier alpha value is -1.22. The fourth-order valence-electron chi connectivity index (χ4n) is 2.87. The van der Waals surface area contributed by atoms with Crippen LogP contribution in [0.5, 0.6) is 6.01 Å². The van der Waals surface area contributed by atoms with Crippen molar-refractivity contribution in [3.63, 3.8) is 0 Å². The van der Waals surface area contributed by atoms with Crippen LogP contribution in [-0.2, 0) is 9.31 Å². The first-order valence-corrected chi connectivity index (χ1v) is 8.48. The molecule has 0 aromatic carbocycles. The molecule has 0 saturated carbocycles. The summed E-state index contributed by atoms with van der Waals surface area (Å²) in [5.74, 6) is 0. The van der Waals surface area contributed by atoms with Crippen molar-refractivity contribution in [3.8, 4) is 6.01 Å². The van der Waals surface area contributed by atoms with Crippen molar-refractivity contribution in [3.05, 3.63) is 12.4 Å². The molecule has 0 unspecified atom stereocenters. The van der Waals surface area contributed by atoms with Gasteiger partial charge in [0.05, 0.1) is 17.8 Å². The minimum Gasteiger partial charge on any atom is -0.459 e. The summed E-state index contributed by atoms with van der Waals surface area (Å²) >= 11 is 0. The van der Waals surface area contributed by atoms with Gasteiger partial charge in [0, 0.05) is 37.5 Å². The lowest BCUT2D eigenvalue weighted by Crippen LogP contribution is -2.41. The molecule has 0 amide bonds. The van der Waals surface area contributed by atoms with Gasteiger partial charge in [0.2, 0.25) is 0 Å². The molecule has 7 nitrogen and oxygen atoms in total. The van der Waals surface area contributed by atoms with Crippen molar-refractivity contribution in [2.24, 2.45) is 0 Å². The van der Waals surface area contributed by atoms with E-state index < -0.39 is 7.12 Å². The van der Waals surface area contributed by atoms with Gasteiger partial charge in [0.1, 0.15) is 6.10 Å². The van der Waals surface area contributed by atoms with Gasteiger partial charge in [0.15, 0.2) is 0 Å². The molecule has 24 heavy (non-hydrogen) atoms. The Labute approximate surface area is 143 Å². The van der Waals surface area contributed by atoms with E-state index in [9.17, 15) is 0 Å². The van der Waals surface area contributed by atoms with E-state index in [1.54, 1.807) is 12.4 Å². The number of ether oxygens (including phenoxy) is 1. The average molecular weight is 335 g/mol. The Morgan fingerprint density at radius 2 is 1.88 bits per heavy atom. The van der Waals surface area contributed by atoms with Crippen molar-refractivity contribution >= 4 is 12.6 Å². The predicted octanol–water partition coefficient (Wildman–Crippen LogP) is 0.221. The van der Waals surface area contributed by atoms with Crippen LogP contribution in [-0.4, -0.2) is 70.6 Å². The molecule has 0 bridgehead atoms. The third-order valence-electron chi connectivity index (χ3n) is 5.09. The monoisotopic (exact) mass is 335 g/mol. The van der Waals surface area contributed by atoms with Gasteiger partial charge < -0.3 is 19.2 Å². The van der Waals surface area contributed by atoms with Gasteiger partial charge in [-0.1, -0.05) is 0 Å². The second-order valence-electron chi connectivity index (χ2n) is 7.44. The summed E-state index contributed by atoms with van der Waals surface area (Å²) in [6, 6.07) is 0.367. The molecule has 1 aromatic rings. The fourth-order valence-corrected chi connectivity index (χ4v) is 2.87. The maximum atomic E-state index is 8.98. The van der Waals surface area contributed by atoms with Crippen molar-refractivity contribution in [1.29, 1.82) is 0 Å². The zero-order valence-corrected chi connectivity index (χ0v) is 14.9. The van der Waals surface area contributed by atoms with Crippen LogP contribution in [0.4, 0.5) is 0 Å². The normalized spacial score (nSPS) is 26.0. The molecule has 0 spiro atoms. The topological polar surface area (TPSA) is 76.9 Å². The number of aromatic nitrogens is 2. The summed E-state index contributed by atoms with van der Waals surface area (Å²) in [5.41, 5.74) is 0.0222. The second kappa shape index (κ2) is 6.59. The molecular formula is C16H26BN3O4. The average Bonchev–Trinajstić information content (AvgIpc) is 3.02. The van der Waals surface area contributed by atoms with E-state index in [-0.39, 0.29) is 23.9 Å². The lowest BCUT2D eigenvalue weighted by atomic mass is 9.81. The number of aliphatic hydroxyl groups excluding tert-OH is 1. The number of nitrogens with zero attached hydrogens (tertiary/aromatic N) is 3. The summed E-state index contributed by atoms with van der Waals surface area (Å²) in [6.45, 7) is 10.6. The van der Waals surface area contributed by atoms with Gasteiger partial charge in [-0.2, -0.15) is 0 Å². The highest BCUT2D eigenvalue weighted by atomic mass is 16.7. The van der Waals surface area contributed by atoms with Gasteiger partial charge >= 0.3 is 13.1 Å². The van der Waals surface area contributed by atoms with Crippen LogP contribution in [0.3, 0.4) is 0 Å². The zero-order chi connectivity index (χ0) is 17.4. The number of hydrogen-bond donors (Lipinski definition) is 1. The predicted molar refractivity (Wildman–Crippen MR) is 90.3 cm³/mol. The summed E-state index contributed by atoms with van der Waals surface area (Å²) < 4.78 is 17.8. The van der Waals surface area contributed by atoms with Crippen molar-refractivity contribution in [2.75, 3.05) is 26.2 Å². The Kier molecular flexibility index (Phi) is 4.83. The SMILES string of the molecule is CC1(C)OB(c2cnc(O[C@@H]3CCN(CCO)C3)nc2)OC1(C)C. The van der Waals surface area contributed by atoms with Crippen LogP contribution in [0.15, 0.2) is 12.4 Å². The van der Waals surface area contributed by atoms with E-state index >= 15 is 0 Å². The van der Waals surface area contributed by atoms with Crippen molar-refractivity contribution < 1.29 is 19.2 Å². The van der Waals surface area contributed by atoms with Crippen molar-refractivity contribution in [2.45, 2.75) is 51.4 Å². The first-order chi connectivity index (χ1) is 11.3. The fraction of sp³-hybridized carbons (Fsp3) is 0.750. The molecule has 2 aliphatic heterocycles. The third-order valence-corrected chi connectivity index (χ3v) is 5.09. The second-order valence-corrected chi connectivity index (χ2v) is 7.44. The van der Waals surface area contributed by atoms with E-state index in [1.165, 1.54) is 0 Å². The van der Waals surface area contributed by atoms with E-state index in [2.05, 4.69) is 14.9 Å². The highest BCUT2D eigenvalue weighted by Crippen LogP contribution is 2.36. The Morgan fingerprint density at radius 1 is 1.25 bits per heavy atom. The van der Waals surface area contributed by atoms with E-state index in [4.69, 9.17) is 19.2 Å². The molecule has 3 rings (SSSR count). The molecule has 2 saturated heterocycles. The van der Waals surface area contributed by atoms with Crippen LogP contribution < -0.4 is 10.2 Å². The lowest BCUT2D eigenvalue weighted by molar-refractivity contribution is 0.00578. The summed E-state index contributed by atoms with van der Waals surface area (Å²) in [5, 5.41) is 8.98. The maximum Gasteiger partial charge on any atom is 0.498 e. The summed E-state index contributed by atoms with van der Waals surface area (Å²) in [6.07, 6.45) is 4.39. The molecule has 2 fully saturated rings. The third kappa shape index (κ3) is 3.56. The smallest absolute Gasteiger partial charge is 0.459 e. The minimum atomic E-state index is -0.462. The van der Waals surface area contributed by atoms with E-state index in [0.717, 1.165) is 25.0 Å². The Balaban J connectivity index is 1.59. The number of aliphatic hydroxyl groups is 1. The van der Waals surface area contributed by atoms with Gasteiger partial charge in [-0.15, -0.1) is 0 Å². The summed E-state index contributed by atoms with van der Waals surface area (Å²) in [4.78, 5) is 10.8. The molecule has 2 aliphatic rings. The molecule has 1 atom stereocenters. The van der Waals surface area contributed by atoms with Gasteiger partial charge in [0.25, 0.3) is 0 Å². The highest BCUT2D eigenvalue weighted by Gasteiger charge is 2.52. The molecule has 132 valence electrons. The van der Waals surface area contributed by atoms with Crippen LogP contribution in [0.25, 0.3) is 0 Å². The Bertz CT molecular complexity index is 551. The number of β-amino-alcohol motifs (C(OH)–C–C–N with tert-alkyl or cyclic N) is 1. The number of rotatable bonds is 5. The lowest BCUT2D eigenvalue weighted by Gasteiger charge is -2.32. The largest absolute Gasteiger partial charge is 0.498 e. The maximum absolute atomic E-state index is 8.98. The summed E-state index contributed by atoms with van der Waals surface area (Å²) in [7, 11) is -0.462. The first-order valence-electron chi connectivity index (χ1n) is 8.48. The van der Waals surface area contributed by atoms with Crippen LogP contribution >= 0.6 is 0 Å². The molecule has 1 N–H and O–H groups in total. The molecule has 8 heteroatoms. The van der Waals surface area contributed by atoms with E-state index in [0.29, 0.717) is 12.6 Å². The van der Waals surface area contributed by atoms with E-state index in [1.807, 2.05) is 27.7 Å². The van der Waals surface area contributed by atoms with Crippen molar-refractivity contribution in [1.82, 2.24) is 14.9 Å². The molecule has 0 radical (unpaired) electrons. The molecule has 3 heterocycles. The molecular weight excluding hydrogens is 309 g/mol. The van der Waals surface area contributed by atoms with Crippen LogP contribution in [0, 0.1) is 0 Å². The first kappa shape index (κ1) is 17.6. The number of likely N-dealkylation sites (tertiary alicyclic amines) is 1. The highest BCUT2D eigenvalue weighted by molar-refractivity contribution is 6.61. The van der Waals surface area contributed by atoms with Crippen LogP contribution in [0.1, 0.15) is 34.1 Å². The number of hydrogen-bond acceptors (Lipinski definition) is 7. The van der Waals surface area contributed by atoms with Gasteiger partial charge in [-0.05, 0) is 34.1 Å². The minimum absolute atomic E-state index is 0.0687. The molecule has 0 aliphatic carbocycles. The quantitative estimate of drug-likeness (QED) is 0.772. The molecule has 1 aromatic heterocycles. The zero-order valence-electron chi connectivity index (χ0n) is 14.9. The Morgan fingerprint density at radius 3 is 2.46 bits per heavy atom. The van der Waals surface area contributed by atoms with Gasteiger partial charge in [-0.3, -0.25) is 4.90 Å². The standard InChI is InChI=1S/C16H26BN3O4/c1-15(2)16(3,4)24-17(23-15)12-9-18-14(19-10-12)22-13-5-6-20(11-13)7-8-21/h9-10,13,21H,5-8,11H2,1-4H3/t13-/m1/s1. The van der Waals surface area contributed by atoms with Gasteiger partial charge in [-0.25, -0.2) is 9.97 Å². The van der Waals surface area contributed by atoms with Crippen LogP contribution in [0.2, 0.25) is 0 Å².